The minimum atomic E-state index is -0.403. The second-order valence-corrected chi connectivity index (χ2v) is 6.07. The summed E-state index contributed by atoms with van der Waals surface area (Å²) in [5.74, 6) is -0.292. The molecule has 142 valence electrons. The Morgan fingerprint density at radius 2 is 1.70 bits per heavy atom. The number of hydrogen-bond acceptors (Lipinski definition) is 6. The molecule has 0 unspecified atom stereocenters. The highest BCUT2D eigenvalue weighted by molar-refractivity contribution is 5.92. The third-order valence-electron chi connectivity index (χ3n) is 4.40. The Bertz CT molecular complexity index is 793. The Hall–Kier alpha value is -3.29. The quantitative estimate of drug-likeness (QED) is 0.800. The third kappa shape index (κ3) is 4.46. The van der Waals surface area contributed by atoms with Crippen LogP contribution in [0.15, 0.2) is 47.1 Å². The zero-order valence-electron chi connectivity index (χ0n) is 15.0. The lowest BCUT2D eigenvalue weighted by Crippen LogP contribution is -2.51. The number of methoxy groups -OCH3 is 1. The van der Waals surface area contributed by atoms with E-state index in [-0.39, 0.29) is 18.4 Å². The molecule has 2 amide bonds. The summed E-state index contributed by atoms with van der Waals surface area (Å²) in [5.41, 5.74) is 1.19. The standard InChI is InChI=1S/C19H21N3O5/c1-26-19(25)14-4-6-15(7-5-14)20-13-17(23)21-8-10-22(11-9-21)18(24)16-3-2-12-27-16/h2-7,12,20H,8-11,13H2,1H3. The zero-order valence-corrected chi connectivity index (χ0v) is 15.0. The largest absolute Gasteiger partial charge is 0.465 e. The Morgan fingerprint density at radius 1 is 1.04 bits per heavy atom. The number of carbonyl (C=O) groups excluding carboxylic acids is 3. The lowest BCUT2D eigenvalue weighted by molar-refractivity contribution is -0.130. The van der Waals surface area contributed by atoms with Crippen LogP contribution in [0.3, 0.4) is 0 Å². The van der Waals surface area contributed by atoms with Gasteiger partial charge in [0, 0.05) is 31.9 Å². The molecule has 0 aliphatic carbocycles. The summed E-state index contributed by atoms with van der Waals surface area (Å²) in [5, 5.41) is 3.04. The maximum absolute atomic E-state index is 12.4. The monoisotopic (exact) mass is 371 g/mol. The molecule has 1 N–H and O–H groups in total. The average Bonchev–Trinajstić information content (AvgIpc) is 3.26. The third-order valence-corrected chi connectivity index (χ3v) is 4.40. The first-order chi connectivity index (χ1) is 13.1. The van der Waals surface area contributed by atoms with Crippen LogP contribution in [0.5, 0.6) is 0 Å². The zero-order chi connectivity index (χ0) is 19.2. The van der Waals surface area contributed by atoms with Gasteiger partial charge in [0.15, 0.2) is 5.76 Å². The molecule has 0 bridgehead atoms. The molecule has 1 aliphatic heterocycles. The SMILES string of the molecule is COC(=O)c1ccc(NCC(=O)N2CCN(C(=O)c3ccco3)CC2)cc1. The lowest BCUT2D eigenvalue weighted by Gasteiger charge is -2.34. The molecule has 0 atom stereocenters. The van der Waals surface area contributed by atoms with E-state index in [1.165, 1.54) is 13.4 Å². The molecule has 1 aromatic carbocycles. The van der Waals surface area contributed by atoms with Gasteiger partial charge in [0.25, 0.3) is 5.91 Å². The van der Waals surface area contributed by atoms with Crippen molar-refractivity contribution in [1.82, 2.24) is 9.80 Å². The number of nitrogens with one attached hydrogen (secondary N) is 1. The molecule has 0 spiro atoms. The van der Waals surface area contributed by atoms with Crippen LogP contribution in [0, 0.1) is 0 Å². The van der Waals surface area contributed by atoms with Gasteiger partial charge in [-0.2, -0.15) is 0 Å². The van der Waals surface area contributed by atoms with Crippen molar-refractivity contribution in [2.75, 3.05) is 45.2 Å². The van der Waals surface area contributed by atoms with Gasteiger partial charge in [-0.1, -0.05) is 0 Å². The van der Waals surface area contributed by atoms with Crippen LogP contribution in [0.2, 0.25) is 0 Å². The Morgan fingerprint density at radius 3 is 2.30 bits per heavy atom. The van der Waals surface area contributed by atoms with Gasteiger partial charge in [-0.3, -0.25) is 9.59 Å². The fourth-order valence-electron chi connectivity index (χ4n) is 2.85. The van der Waals surface area contributed by atoms with E-state index in [0.29, 0.717) is 37.5 Å². The van der Waals surface area contributed by atoms with E-state index in [2.05, 4.69) is 10.1 Å². The van der Waals surface area contributed by atoms with E-state index in [0.717, 1.165) is 5.69 Å². The topological polar surface area (TPSA) is 92.1 Å². The van der Waals surface area contributed by atoms with Crippen molar-refractivity contribution < 1.29 is 23.5 Å². The number of carbonyl (C=O) groups is 3. The van der Waals surface area contributed by atoms with E-state index >= 15 is 0 Å². The van der Waals surface area contributed by atoms with E-state index in [1.807, 2.05) is 0 Å². The molecular weight excluding hydrogens is 350 g/mol. The smallest absolute Gasteiger partial charge is 0.337 e. The highest BCUT2D eigenvalue weighted by atomic mass is 16.5. The minimum absolute atomic E-state index is 0.0443. The van der Waals surface area contributed by atoms with Crippen LogP contribution >= 0.6 is 0 Å². The van der Waals surface area contributed by atoms with Gasteiger partial charge in [-0.15, -0.1) is 0 Å². The predicted octanol–water partition coefficient (Wildman–Crippen LogP) is 1.46. The van der Waals surface area contributed by atoms with Crippen molar-refractivity contribution in [2.24, 2.45) is 0 Å². The molecule has 0 saturated carbocycles. The highest BCUT2D eigenvalue weighted by Gasteiger charge is 2.25. The number of amides is 2. The fourth-order valence-corrected chi connectivity index (χ4v) is 2.85. The second-order valence-electron chi connectivity index (χ2n) is 6.07. The van der Waals surface area contributed by atoms with Gasteiger partial charge in [-0.05, 0) is 36.4 Å². The summed E-state index contributed by atoms with van der Waals surface area (Å²) in [6.07, 6.45) is 1.47. The van der Waals surface area contributed by atoms with Crippen LogP contribution in [0.1, 0.15) is 20.9 Å². The van der Waals surface area contributed by atoms with Crippen molar-refractivity contribution in [3.05, 3.63) is 54.0 Å². The first-order valence-corrected chi connectivity index (χ1v) is 8.61. The molecular formula is C19H21N3O5. The number of nitrogens with zero attached hydrogens (tertiary/aromatic N) is 2. The molecule has 2 aromatic rings. The highest BCUT2D eigenvalue weighted by Crippen LogP contribution is 2.12. The van der Waals surface area contributed by atoms with Crippen LogP contribution in [0.4, 0.5) is 5.69 Å². The van der Waals surface area contributed by atoms with E-state index in [9.17, 15) is 14.4 Å². The van der Waals surface area contributed by atoms with Crippen molar-refractivity contribution >= 4 is 23.5 Å². The van der Waals surface area contributed by atoms with Crippen LogP contribution in [-0.4, -0.2) is 67.4 Å². The van der Waals surface area contributed by atoms with Crippen molar-refractivity contribution in [1.29, 1.82) is 0 Å². The molecule has 3 rings (SSSR count). The number of piperazine rings is 1. The van der Waals surface area contributed by atoms with E-state index in [1.54, 1.807) is 46.2 Å². The van der Waals surface area contributed by atoms with Gasteiger partial charge in [0.2, 0.25) is 5.91 Å². The van der Waals surface area contributed by atoms with Crippen LogP contribution in [0.25, 0.3) is 0 Å². The van der Waals surface area contributed by atoms with Crippen molar-refractivity contribution in [3.63, 3.8) is 0 Å². The fraction of sp³-hybridized carbons (Fsp3) is 0.316. The molecule has 8 heteroatoms. The van der Waals surface area contributed by atoms with Gasteiger partial charge >= 0.3 is 5.97 Å². The van der Waals surface area contributed by atoms with Crippen molar-refractivity contribution in [2.45, 2.75) is 0 Å². The maximum atomic E-state index is 12.4. The van der Waals surface area contributed by atoms with Gasteiger partial charge in [0.05, 0.1) is 25.5 Å². The molecule has 1 saturated heterocycles. The lowest BCUT2D eigenvalue weighted by atomic mass is 10.2. The van der Waals surface area contributed by atoms with Crippen molar-refractivity contribution in [3.8, 4) is 0 Å². The number of benzene rings is 1. The van der Waals surface area contributed by atoms with Gasteiger partial charge < -0.3 is 24.3 Å². The van der Waals surface area contributed by atoms with Gasteiger partial charge in [0.1, 0.15) is 0 Å². The first-order valence-electron chi connectivity index (χ1n) is 8.61. The van der Waals surface area contributed by atoms with Gasteiger partial charge in [-0.25, -0.2) is 4.79 Å². The average molecular weight is 371 g/mol. The second kappa shape index (κ2) is 8.39. The molecule has 27 heavy (non-hydrogen) atoms. The number of anilines is 1. The molecule has 0 radical (unpaired) electrons. The summed E-state index contributed by atoms with van der Waals surface area (Å²) in [6, 6.07) is 10.0. The molecule has 1 aromatic heterocycles. The molecule has 1 fully saturated rings. The molecule has 8 nitrogen and oxygen atoms in total. The molecule has 1 aliphatic rings. The molecule has 2 heterocycles. The Kier molecular flexibility index (Phi) is 5.75. The number of ether oxygens (including phenoxy) is 1. The number of rotatable bonds is 5. The minimum Gasteiger partial charge on any atom is -0.465 e. The number of furan rings is 1. The summed E-state index contributed by atoms with van der Waals surface area (Å²) in [6.45, 7) is 2.05. The first kappa shape index (κ1) is 18.5. The summed E-state index contributed by atoms with van der Waals surface area (Å²) < 4.78 is 9.78. The van der Waals surface area contributed by atoms with Crippen LogP contribution in [-0.2, 0) is 9.53 Å². The Labute approximate surface area is 156 Å². The van der Waals surface area contributed by atoms with E-state index < -0.39 is 5.97 Å². The predicted molar refractivity (Wildman–Crippen MR) is 97.5 cm³/mol. The summed E-state index contributed by atoms with van der Waals surface area (Å²) in [4.78, 5) is 39.4. The summed E-state index contributed by atoms with van der Waals surface area (Å²) >= 11 is 0. The normalized spacial score (nSPS) is 14.0. The maximum Gasteiger partial charge on any atom is 0.337 e. The number of esters is 1. The van der Waals surface area contributed by atoms with E-state index in [4.69, 9.17) is 4.42 Å². The Balaban J connectivity index is 1.45. The van der Waals surface area contributed by atoms with Crippen LogP contribution < -0.4 is 5.32 Å². The number of hydrogen-bond donors (Lipinski definition) is 1. The summed E-state index contributed by atoms with van der Waals surface area (Å²) in [7, 11) is 1.33.